The molecule has 0 atom stereocenters. The van der Waals surface area contributed by atoms with Crippen LogP contribution in [0.3, 0.4) is 0 Å². The molecule has 0 aliphatic heterocycles. The zero-order valence-corrected chi connectivity index (χ0v) is 13.5. The van der Waals surface area contributed by atoms with Crippen LogP contribution in [0.2, 0.25) is 0 Å². The Bertz CT molecular complexity index is 896. The van der Waals surface area contributed by atoms with Crippen LogP contribution in [-0.2, 0) is 4.74 Å². The number of thiocarbonyl (C=S) groups is 1. The molecule has 0 saturated carbocycles. The first-order chi connectivity index (χ1) is 10.5. The number of pyridine rings is 1. The van der Waals surface area contributed by atoms with E-state index in [1.165, 1.54) is 7.11 Å². The third-order valence-corrected chi connectivity index (χ3v) is 4.29. The maximum absolute atomic E-state index is 12.2. The summed E-state index contributed by atoms with van der Waals surface area (Å²) in [5.41, 5.74) is 3.31. The minimum atomic E-state index is -0.332. The summed E-state index contributed by atoms with van der Waals surface area (Å²) in [4.78, 5) is 14.8. The van der Waals surface area contributed by atoms with E-state index in [-0.39, 0.29) is 5.97 Å². The molecule has 3 aromatic rings. The highest BCUT2D eigenvalue weighted by molar-refractivity contribution is 7.80. The van der Waals surface area contributed by atoms with Gasteiger partial charge in [-0.05, 0) is 18.2 Å². The van der Waals surface area contributed by atoms with Crippen molar-refractivity contribution in [3.63, 3.8) is 0 Å². The molecule has 0 spiro atoms. The molecule has 4 nitrogen and oxygen atoms in total. The lowest BCUT2D eigenvalue weighted by molar-refractivity contribution is 0.0605. The average Bonchev–Trinajstić information content (AvgIpc) is 2.87. The van der Waals surface area contributed by atoms with Crippen molar-refractivity contribution in [1.82, 2.24) is 9.30 Å². The monoisotopic (exact) mass is 312 g/mol. The van der Waals surface area contributed by atoms with E-state index >= 15 is 0 Å². The zero-order chi connectivity index (χ0) is 15.9. The summed E-state index contributed by atoms with van der Waals surface area (Å²) >= 11 is 5.44. The van der Waals surface area contributed by atoms with Crippen LogP contribution in [0.25, 0.3) is 16.4 Å². The van der Waals surface area contributed by atoms with Crippen molar-refractivity contribution >= 4 is 39.6 Å². The standard InChI is InChI=1S/C17H16N2O2S/c1-18(2)16(22)11-7-8-12-14(10-11)19-9-5-4-6-13(19)15(12)17(20)21-3/h4-10H,1-3H3. The Kier molecular flexibility index (Phi) is 3.58. The molecule has 0 aliphatic carbocycles. The zero-order valence-electron chi connectivity index (χ0n) is 12.7. The summed E-state index contributed by atoms with van der Waals surface area (Å²) in [6.45, 7) is 0. The van der Waals surface area contributed by atoms with Gasteiger partial charge in [-0.2, -0.15) is 0 Å². The van der Waals surface area contributed by atoms with Crippen LogP contribution in [0.15, 0.2) is 42.6 Å². The molecule has 2 aromatic heterocycles. The molecular formula is C17H16N2O2S. The summed E-state index contributed by atoms with van der Waals surface area (Å²) in [6.07, 6.45) is 1.94. The van der Waals surface area contributed by atoms with Gasteiger partial charge in [0.1, 0.15) is 4.99 Å². The third-order valence-electron chi connectivity index (χ3n) is 3.69. The van der Waals surface area contributed by atoms with Crippen molar-refractivity contribution in [3.05, 3.63) is 53.7 Å². The van der Waals surface area contributed by atoms with Crippen molar-refractivity contribution < 1.29 is 9.53 Å². The number of aromatic nitrogens is 1. The number of hydrogen-bond donors (Lipinski definition) is 0. The van der Waals surface area contributed by atoms with Gasteiger partial charge in [0.15, 0.2) is 0 Å². The normalized spacial score (nSPS) is 10.9. The van der Waals surface area contributed by atoms with E-state index in [0.717, 1.165) is 27.0 Å². The maximum Gasteiger partial charge on any atom is 0.340 e. The minimum Gasteiger partial charge on any atom is -0.465 e. The number of benzene rings is 1. The molecule has 0 radical (unpaired) electrons. The summed E-state index contributed by atoms with van der Waals surface area (Å²) in [5.74, 6) is -0.332. The van der Waals surface area contributed by atoms with Gasteiger partial charge in [0.2, 0.25) is 0 Å². The molecular weight excluding hydrogens is 296 g/mol. The van der Waals surface area contributed by atoms with Crippen LogP contribution in [0, 0.1) is 0 Å². The molecule has 0 bridgehead atoms. The van der Waals surface area contributed by atoms with Gasteiger partial charge in [-0.25, -0.2) is 4.79 Å². The summed E-state index contributed by atoms with van der Waals surface area (Å²) in [7, 11) is 5.24. The number of carbonyl (C=O) groups excluding carboxylic acids is 1. The number of esters is 1. The quantitative estimate of drug-likeness (QED) is 0.538. The lowest BCUT2D eigenvalue weighted by Gasteiger charge is -2.13. The molecule has 0 aliphatic rings. The van der Waals surface area contributed by atoms with Gasteiger partial charge in [0, 0.05) is 31.2 Å². The third kappa shape index (κ3) is 2.14. The van der Waals surface area contributed by atoms with E-state index in [1.54, 1.807) is 0 Å². The van der Waals surface area contributed by atoms with Gasteiger partial charge >= 0.3 is 5.97 Å². The van der Waals surface area contributed by atoms with Gasteiger partial charge in [-0.15, -0.1) is 0 Å². The fourth-order valence-electron chi connectivity index (χ4n) is 2.65. The van der Waals surface area contributed by atoms with Crippen molar-refractivity contribution in [2.45, 2.75) is 0 Å². The van der Waals surface area contributed by atoms with Gasteiger partial charge in [0.25, 0.3) is 0 Å². The molecule has 5 heteroatoms. The topological polar surface area (TPSA) is 34.0 Å². The minimum absolute atomic E-state index is 0.332. The Labute approximate surface area is 133 Å². The predicted octanol–water partition coefficient (Wildman–Crippen LogP) is 3.12. The molecule has 0 saturated heterocycles. The molecule has 22 heavy (non-hydrogen) atoms. The average molecular weight is 312 g/mol. The first-order valence-electron chi connectivity index (χ1n) is 6.87. The predicted molar refractivity (Wildman–Crippen MR) is 91.6 cm³/mol. The van der Waals surface area contributed by atoms with E-state index in [4.69, 9.17) is 17.0 Å². The lowest BCUT2D eigenvalue weighted by Crippen LogP contribution is -2.20. The van der Waals surface area contributed by atoms with Crippen molar-refractivity contribution in [1.29, 1.82) is 0 Å². The molecule has 112 valence electrons. The Balaban J connectivity index is 2.36. The molecule has 3 rings (SSSR count). The van der Waals surface area contributed by atoms with Crippen LogP contribution in [0.1, 0.15) is 15.9 Å². The lowest BCUT2D eigenvalue weighted by atomic mass is 10.1. The van der Waals surface area contributed by atoms with Crippen molar-refractivity contribution in [2.24, 2.45) is 0 Å². The molecule has 0 fully saturated rings. The highest BCUT2D eigenvalue weighted by Gasteiger charge is 2.19. The molecule has 0 unspecified atom stereocenters. The SMILES string of the molecule is COC(=O)c1c2ccc(C(=S)N(C)C)cc2n2ccccc12. The second kappa shape index (κ2) is 5.42. The highest BCUT2D eigenvalue weighted by Crippen LogP contribution is 2.28. The van der Waals surface area contributed by atoms with Crippen molar-refractivity contribution in [3.8, 4) is 0 Å². The highest BCUT2D eigenvalue weighted by atomic mass is 32.1. The van der Waals surface area contributed by atoms with Gasteiger partial charge in [-0.3, -0.25) is 0 Å². The second-order valence-corrected chi connectivity index (χ2v) is 5.64. The van der Waals surface area contributed by atoms with Crippen LogP contribution >= 0.6 is 12.2 Å². The number of rotatable bonds is 2. The molecule has 2 heterocycles. The number of nitrogens with zero attached hydrogens (tertiary/aromatic N) is 2. The van der Waals surface area contributed by atoms with Crippen LogP contribution < -0.4 is 0 Å². The Hall–Kier alpha value is -2.40. The first-order valence-corrected chi connectivity index (χ1v) is 7.28. The number of carbonyl (C=O) groups is 1. The van der Waals surface area contributed by atoms with Gasteiger partial charge in [0.05, 0.1) is 23.7 Å². The van der Waals surface area contributed by atoms with Crippen LogP contribution in [-0.4, -0.2) is 41.5 Å². The van der Waals surface area contributed by atoms with Crippen LogP contribution in [0.4, 0.5) is 0 Å². The van der Waals surface area contributed by atoms with Gasteiger partial charge in [-0.1, -0.05) is 30.4 Å². The fraction of sp³-hybridized carbons (Fsp3) is 0.176. The van der Waals surface area contributed by atoms with E-state index in [9.17, 15) is 4.79 Å². The Morgan fingerprint density at radius 2 is 1.95 bits per heavy atom. The van der Waals surface area contributed by atoms with E-state index in [2.05, 4.69) is 0 Å². The van der Waals surface area contributed by atoms with E-state index in [1.807, 2.05) is 66.0 Å². The maximum atomic E-state index is 12.2. The molecule has 0 N–H and O–H groups in total. The number of fused-ring (bicyclic) bond motifs is 3. The largest absolute Gasteiger partial charge is 0.465 e. The van der Waals surface area contributed by atoms with E-state index < -0.39 is 0 Å². The summed E-state index contributed by atoms with van der Waals surface area (Å²) in [5, 5.41) is 0.864. The number of methoxy groups -OCH3 is 1. The van der Waals surface area contributed by atoms with Gasteiger partial charge < -0.3 is 14.0 Å². The van der Waals surface area contributed by atoms with Crippen molar-refractivity contribution in [2.75, 3.05) is 21.2 Å². The van der Waals surface area contributed by atoms with Crippen LogP contribution in [0.5, 0.6) is 0 Å². The van der Waals surface area contributed by atoms with E-state index in [0.29, 0.717) is 5.56 Å². The fourth-order valence-corrected chi connectivity index (χ4v) is 2.77. The summed E-state index contributed by atoms with van der Waals surface area (Å²) < 4.78 is 6.93. The first kappa shape index (κ1) is 14.5. The smallest absolute Gasteiger partial charge is 0.340 e. The molecule has 0 amide bonds. The Morgan fingerprint density at radius 3 is 2.64 bits per heavy atom. The second-order valence-electron chi connectivity index (χ2n) is 5.25. The Morgan fingerprint density at radius 1 is 1.18 bits per heavy atom. The summed E-state index contributed by atoms with van der Waals surface area (Å²) in [6, 6.07) is 11.6. The molecule has 1 aromatic carbocycles. The number of hydrogen-bond acceptors (Lipinski definition) is 3. The number of ether oxygens (including phenoxy) is 1.